The SMILES string of the molecule is CSCCC(NC(=O)C(N)C(C)O)C(=O)NC(Cc1ccc(O)cc1)C(=O)NC(C)C(=O)O. The Bertz CT molecular complexity index is 819. The summed E-state index contributed by atoms with van der Waals surface area (Å²) in [6, 6.07) is 1.38. The fourth-order valence-electron chi connectivity index (χ4n) is 2.72. The smallest absolute Gasteiger partial charge is 0.325 e. The second-order valence-electron chi connectivity index (χ2n) is 7.61. The van der Waals surface area contributed by atoms with Gasteiger partial charge in [-0.15, -0.1) is 0 Å². The zero-order valence-corrected chi connectivity index (χ0v) is 19.6. The van der Waals surface area contributed by atoms with Crippen molar-refractivity contribution in [2.24, 2.45) is 5.73 Å². The number of thioether (sulfide) groups is 1. The fourth-order valence-corrected chi connectivity index (χ4v) is 3.19. The predicted octanol–water partition coefficient (Wildman–Crippen LogP) is -1.05. The van der Waals surface area contributed by atoms with Gasteiger partial charge < -0.3 is 37.0 Å². The maximum absolute atomic E-state index is 13.0. The number of nitrogens with one attached hydrogen (secondary N) is 3. The van der Waals surface area contributed by atoms with E-state index in [0.29, 0.717) is 11.3 Å². The van der Waals surface area contributed by atoms with Crippen LogP contribution in [0.1, 0.15) is 25.8 Å². The lowest BCUT2D eigenvalue weighted by Gasteiger charge is -2.25. The predicted molar refractivity (Wildman–Crippen MR) is 124 cm³/mol. The number of aliphatic hydroxyl groups is 1. The van der Waals surface area contributed by atoms with Gasteiger partial charge in [0.2, 0.25) is 17.7 Å². The highest BCUT2D eigenvalue weighted by atomic mass is 32.2. The number of hydrogen-bond acceptors (Lipinski definition) is 8. The Morgan fingerprint density at radius 1 is 0.970 bits per heavy atom. The molecular formula is C21H32N4O7S. The van der Waals surface area contributed by atoms with Crippen LogP contribution >= 0.6 is 11.8 Å². The molecule has 0 radical (unpaired) electrons. The highest BCUT2D eigenvalue weighted by Gasteiger charge is 2.30. The molecule has 0 aliphatic heterocycles. The fraction of sp³-hybridized carbons (Fsp3) is 0.524. The van der Waals surface area contributed by atoms with Crippen LogP contribution in [0.2, 0.25) is 0 Å². The van der Waals surface area contributed by atoms with E-state index in [2.05, 4.69) is 16.0 Å². The first-order valence-corrected chi connectivity index (χ1v) is 11.7. The molecule has 0 aliphatic carbocycles. The Morgan fingerprint density at radius 2 is 1.52 bits per heavy atom. The molecule has 33 heavy (non-hydrogen) atoms. The van der Waals surface area contributed by atoms with Crippen LogP contribution in [0.5, 0.6) is 5.75 Å². The molecule has 3 amide bonds. The number of aliphatic hydroxyl groups excluding tert-OH is 1. The van der Waals surface area contributed by atoms with Crippen LogP contribution in [0, 0.1) is 0 Å². The van der Waals surface area contributed by atoms with Crippen molar-refractivity contribution in [3.8, 4) is 5.75 Å². The first-order valence-electron chi connectivity index (χ1n) is 10.3. The van der Waals surface area contributed by atoms with E-state index in [1.807, 2.05) is 6.26 Å². The van der Waals surface area contributed by atoms with Crippen molar-refractivity contribution in [1.29, 1.82) is 0 Å². The minimum atomic E-state index is -1.24. The Hall–Kier alpha value is -2.83. The Morgan fingerprint density at radius 3 is 2.03 bits per heavy atom. The molecule has 0 bridgehead atoms. The van der Waals surface area contributed by atoms with E-state index >= 15 is 0 Å². The van der Waals surface area contributed by atoms with Crippen molar-refractivity contribution >= 4 is 35.5 Å². The van der Waals surface area contributed by atoms with Crippen molar-refractivity contribution in [2.45, 2.75) is 57.0 Å². The third-order valence-electron chi connectivity index (χ3n) is 4.80. The third-order valence-corrected chi connectivity index (χ3v) is 5.45. The van der Waals surface area contributed by atoms with E-state index in [-0.39, 0.29) is 18.6 Å². The highest BCUT2D eigenvalue weighted by molar-refractivity contribution is 7.98. The number of carbonyl (C=O) groups excluding carboxylic acids is 3. The molecule has 0 aliphatic rings. The molecule has 12 heteroatoms. The number of benzene rings is 1. The number of carboxylic acid groups (broad SMARTS) is 1. The van der Waals surface area contributed by atoms with E-state index in [1.165, 1.54) is 37.7 Å². The maximum atomic E-state index is 13.0. The number of rotatable bonds is 13. The van der Waals surface area contributed by atoms with Gasteiger partial charge in [-0.1, -0.05) is 12.1 Å². The number of amides is 3. The molecule has 184 valence electrons. The van der Waals surface area contributed by atoms with Gasteiger partial charge in [-0.25, -0.2) is 0 Å². The van der Waals surface area contributed by atoms with E-state index < -0.39 is 54.0 Å². The van der Waals surface area contributed by atoms with Crippen LogP contribution in [0.25, 0.3) is 0 Å². The summed E-state index contributed by atoms with van der Waals surface area (Å²) in [4.78, 5) is 49.1. The maximum Gasteiger partial charge on any atom is 0.325 e. The molecule has 1 aromatic rings. The topological polar surface area (TPSA) is 191 Å². The standard InChI is InChI=1S/C21H32N4O7S/c1-11(21(31)32)23-19(29)16(10-13-4-6-14(27)7-5-13)25-18(28)15(8-9-33-3)24-20(30)17(22)12(2)26/h4-7,11-12,15-17,26-27H,8-10,22H2,1-3H3,(H,23,29)(H,24,30)(H,25,28)(H,31,32). The van der Waals surface area contributed by atoms with Crippen LogP contribution in [0.4, 0.5) is 0 Å². The zero-order chi connectivity index (χ0) is 25.1. The first-order chi connectivity index (χ1) is 15.5. The van der Waals surface area contributed by atoms with Crippen LogP contribution in [-0.2, 0) is 25.6 Å². The summed E-state index contributed by atoms with van der Waals surface area (Å²) < 4.78 is 0. The van der Waals surface area contributed by atoms with Gasteiger partial charge in [0.1, 0.15) is 29.9 Å². The largest absolute Gasteiger partial charge is 0.508 e. The van der Waals surface area contributed by atoms with Crippen molar-refractivity contribution < 1.29 is 34.5 Å². The summed E-state index contributed by atoms with van der Waals surface area (Å²) in [6.07, 6.45) is 0.956. The van der Waals surface area contributed by atoms with Crippen molar-refractivity contribution in [3.63, 3.8) is 0 Å². The molecule has 0 spiro atoms. The third kappa shape index (κ3) is 9.68. The lowest BCUT2D eigenvalue weighted by molar-refractivity contribution is -0.141. The monoisotopic (exact) mass is 484 g/mol. The van der Waals surface area contributed by atoms with Gasteiger partial charge in [0.15, 0.2) is 0 Å². The summed E-state index contributed by atoms with van der Waals surface area (Å²) in [5.74, 6) is -2.79. The van der Waals surface area contributed by atoms with Gasteiger partial charge in [0.25, 0.3) is 0 Å². The first kappa shape index (κ1) is 28.2. The number of carboxylic acids is 1. The van der Waals surface area contributed by atoms with Gasteiger partial charge in [-0.3, -0.25) is 19.2 Å². The average Bonchev–Trinajstić information content (AvgIpc) is 2.76. The van der Waals surface area contributed by atoms with Crippen LogP contribution in [0.15, 0.2) is 24.3 Å². The molecule has 0 aromatic heterocycles. The minimum Gasteiger partial charge on any atom is -0.508 e. The van der Waals surface area contributed by atoms with Gasteiger partial charge in [-0.2, -0.15) is 11.8 Å². The molecule has 0 saturated carbocycles. The van der Waals surface area contributed by atoms with E-state index in [0.717, 1.165) is 0 Å². The normalized spacial score (nSPS) is 15.4. The van der Waals surface area contributed by atoms with Crippen LogP contribution in [0.3, 0.4) is 0 Å². The number of carbonyl (C=O) groups is 4. The molecular weight excluding hydrogens is 452 g/mol. The highest BCUT2D eigenvalue weighted by Crippen LogP contribution is 2.12. The van der Waals surface area contributed by atoms with E-state index in [1.54, 1.807) is 12.1 Å². The number of nitrogens with two attached hydrogens (primary N) is 1. The van der Waals surface area contributed by atoms with Crippen LogP contribution < -0.4 is 21.7 Å². The van der Waals surface area contributed by atoms with Gasteiger partial charge in [0, 0.05) is 6.42 Å². The summed E-state index contributed by atoms with van der Waals surface area (Å²) in [7, 11) is 0. The summed E-state index contributed by atoms with van der Waals surface area (Å²) >= 11 is 1.45. The second-order valence-corrected chi connectivity index (χ2v) is 8.59. The molecule has 5 unspecified atom stereocenters. The molecule has 1 rings (SSSR count). The van der Waals surface area contributed by atoms with E-state index in [9.17, 15) is 29.4 Å². The average molecular weight is 485 g/mol. The lowest BCUT2D eigenvalue weighted by atomic mass is 10.0. The second kappa shape index (κ2) is 13.7. The molecule has 1 aromatic carbocycles. The summed E-state index contributed by atoms with van der Waals surface area (Å²) in [5.41, 5.74) is 6.25. The van der Waals surface area contributed by atoms with Crippen LogP contribution in [-0.4, -0.2) is 81.3 Å². The van der Waals surface area contributed by atoms with Crippen molar-refractivity contribution in [2.75, 3.05) is 12.0 Å². The number of phenolic OH excluding ortho intramolecular Hbond substituents is 1. The number of aliphatic carboxylic acids is 1. The van der Waals surface area contributed by atoms with Gasteiger partial charge in [0.05, 0.1) is 6.10 Å². The van der Waals surface area contributed by atoms with E-state index in [4.69, 9.17) is 10.8 Å². The van der Waals surface area contributed by atoms with Gasteiger partial charge in [-0.05, 0) is 50.0 Å². The molecule has 0 fully saturated rings. The number of aromatic hydroxyl groups is 1. The Kier molecular flexibility index (Phi) is 11.7. The molecule has 8 N–H and O–H groups in total. The quantitative estimate of drug-likeness (QED) is 0.183. The summed E-state index contributed by atoms with van der Waals surface area (Å²) in [6.45, 7) is 2.64. The van der Waals surface area contributed by atoms with Crippen molar-refractivity contribution in [1.82, 2.24) is 16.0 Å². The molecule has 0 heterocycles. The summed E-state index contributed by atoms with van der Waals surface area (Å²) in [5, 5.41) is 35.5. The molecule has 5 atom stereocenters. The minimum absolute atomic E-state index is 0.0145. The number of phenols is 1. The lowest BCUT2D eigenvalue weighted by Crippen LogP contribution is -2.58. The Labute approximate surface area is 196 Å². The Balaban J connectivity index is 3.06. The van der Waals surface area contributed by atoms with Gasteiger partial charge >= 0.3 is 5.97 Å². The number of hydrogen-bond donors (Lipinski definition) is 7. The molecule has 0 saturated heterocycles. The zero-order valence-electron chi connectivity index (χ0n) is 18.8. The molecule has 11 nitrogen and oxygen atoms in total. The van der Waals surface area contributed by atoms with Crippen molar-refractivity contribution in [3.05, 3.63) is 29.8 Å².